The summed E-state index contributed by atoms with van der Waals surface area (Å²) in [6.45, 7) is 1.32. The van der Waals surface area contributed by atoms with Gasteiger partial charge in [0.25, 0.3) is 0 Å². The van der Waals surface area contributed by atoms with Crippen molar-refractivity contribution in [3.05, 3.63) is 35.4 Å². The van der Waals surface area contributed by atoms with Crippen LogP contribution in [0.5, 0.6) is 0 Å². The Hall–Kier alpha value is -0.860. The third-order valence-electron chi connectivity index (χ3n) is 3.60. The monoisotopic (exact) mass is 233 g/mol. The van der Waals surface area contributed by atoms with Crippen molar-refractivity contribution in [3.8, 4) is 0 Å². The molecule has 2 N–H and O–H groups in total. The van der Waals surface area contributed by atoms with E-state index in [-0.39, 0.29) is 0 Å². The minimum Gasteiger partial charge on any atom is -0.396 e. The fourth-order valence-electron chi connectivity index (χ4n) is 2.65. The van der Waals surface area contributed by atoms with Crippen LogP contribution in [0.4, 0.5) is 0 Å². The van der Waals surface area contributed by atoms with Gasteiger partial charge < -0.3 is 10.4 Å². The van der Waals surface area contributed by atoms with E-state index in [4.69, 9.17) is 5.11 Å². The molecular formula is C15H23NO. The van der Waals surface area contributed by atoms with Gasteiger partial charge in [-0.05, 0) is 49.8 Å². The fourth-order valence-corrected chi connectivity index (χ4v) is 2.65. The Balaban J connectivity index is 1.97. The maximum atomic E-state index is 8.78. The third-order valence-corrected chi connectivity index (χ3v) is 3.60. The van der Waals surface area contributed by atoms with Gasteiger partial charge in [0.05, 0.1) is 0 Å². The molecule has 1 aliphatic rings. The van der Waals surface area contributed by atoms with Crippen molar-refractivity contribution in [2.75, 3.05) is 13.2 Å². The highest BCUT2D eigenvalue weighted by Crippen LogP contribution is 2.28. The number of hydrogen-bond acceptors (Lipinski definition) is 2. The van der Waals surface area contributed by atoms with Gasteiger partial charge in [-0.2, -0.15) is 0 Å². The molecule has 2 nitrogen and oxygen atoms in total. The molecule has 1 aromatic carbocycles. The van der Waals surface area contributed by atoms with E-state index in [1.165, 1.54) is 36.8 Å². The minimum atomic E-state index is 0.308. The van der Waals surface area contributed by atoms with Crippen LogP contribution in [0.3, 0.4) is 0 Å². The topological polar surface area (TPSA) is 32.3 Å². The van der Waals surface area contributed by atoms with E-state index < -0.39 is 0 Å². The summed E-state index contributed by atoms with van der Waals surface area (Å²) in [6.07, 6.45) is 7.07. The van der Waals surface area contributed by atoms with Crippen LogP contribution < -0.4 is 5.32 Å². The lowest BCUT2D eigenvalue weighted by atomic mass is 9.99. The van der Waals surface area contributed by atoms with Crippen LogP contribution in [0.15, 0.2) is 24.3 Å². The summed E-state index contributed by atoms with van der Waals surface area (Å²) in [5.74, 6) is 0. The van der Waals surface area contributed by atoms with Gasteiger partial charge in [0, 0.05) is 12.6 Å². The molecule has 0 amide bonds. The van der Waals surface area contributed by atoms with Gasteiger partial charge in [-0.1, -0.05) is 30.7 Å². The molecule has 0 saturated heterocycles. The molecule has 0 spiro atoms. The lowest BCUT2D eigenvalue weighted by molar-refractivity contribution is 0.282. The van der Waals surface area contributed by atoms with E-state index in [0.717, 1.165) is 19.4 Å². The van der Waals surface area contributed by atoms with Gasteiger partial charge in [-0.3, -0.25) is 0 Å². The average molecular weight is 233 g/mol. The standard InChI is InChI=1S/C15H23NO/c17-12-6-5-11-16-15-10-4-2-8-13-7-1-3-9-14(13)15/h1,3,7,9,15-17H,2,4-6,8,10-12H2. The van der Waals surface area contributed by atoms with Crippen molar-refractivity contribution in [2.45, 2.75) is 44.6 Å². The van der Waals surface area contributed by atoms with Crippen molar-refractivity contribution in [2.24, 2.45) is 0 Å². The summed E-state index contributed by atoms with van der Waals surface area (Å²) < 4.78 is 0. The first kappa shape index (κ1) is 12.6. The maximum Gasteiger partial charge on any atom is 0.0431 e. The lowest BCUT2D eigenvalue weighted by Crippen LogP contribution is -2.22. The molecule has 0 aromatic heterocycles. The molecule has 0 aliphatic heterocycles. The molecule has 0 heterocycles. The van der Waals surface area contributed by atoms with E-state index in [1.54, 1.807) is 0 Å². The van der Waals surface area contributed by atoms with E-state index in [1.807, 2.05) is 0 Å². The highest BCUT2D eigenvalue weighted by molar-refractivity contribution is 5.31. The molecule has 2 rings (SSSR count). The smallest absolute Gasteiger partial charge is 0.0431 e. The Morgan fingerprint density at radius 2 is 2.06 bits per heavy atom. The van der Waals surface area contributed by atoms with Crippen LogP contribution in [-0.4, -0.2) is 18.3 Å². The van der Waals surface area contributed by atoms with Crippen molar-refractivity contribution in [1.82, 2.24) is 5.32 Å². The quantitative estimate of drug-likeness (QED) is 0.605. The van der Waals surface area contributed by atoms with Crippen LogP contribution in [0.1, 0.15) is 49.3 Å². The summed E-state index contributed by atoms with van der Waals surface area (Å²) in [4.78, 5) is 0. The van der Waals surface area contributed by atoms with Gasteiger partial charge in [0.15, 0.2) is 0 Å². The van der Waals surface area contributed by atoms with Crippen LogP contribution >= 0.6 is 0 Å². The number of aliphatic hydroxyl groups excluding tert-OH is 1. The Labute approximate surface area is 104 Å². The first-order valence-electron chi connectivity index (χ1n) is 6.84. The molecule has 0 fully saturated rings. The molecule has 17 heavy (non-hydrogen) atoms. The Morgan fingerprint density at radius 1 is 1.18 bits per heavy atom. The van der Waals surface area contributed by atoms with E-state index in [2.05, 4.69) is 29.6 Å². The van der Waals surface area contributed by atoms with Crippen molar-refractivity contribution in [3.63, 3.8) is 0 Å². The first-order valence-corrected chi connectivity index (χ1v) is 6.84. The minimum absolute atomic E-state index is 0.308. The van der Waals surface area contributed by atoms with Gasteiger partial charge in [0.2, 0.25) is 0 Å². The van der Waals surface area contributed by atoms with E-state index in [0.29, 0.717) is 12.6 Å². The second-order valence-corrected chi connectivity index (χ2v) is 4.88. The van der Waals surface area contributed by atoms with E-state index >= 15 is 0 Å². The first-order chi connectivity index (χ1) is 8.42. The molecule has 0 radical (unpaired) electrons. The summed E-state index contributed by atoms with van der Waals surface area (Å²) in [5.41, 5.74) is 3.01. The van der Waals surface area contributed by atoms with Crippen LogP contribution in [-0.2, 0) is 6.42 Å². The number of hydrogen-bond donors (Lipinski definition) is 2. The molecule has 1 aliphatic carbocycles. The fraction of sp³-hybridized carbons (Fsp3) is 0.600. The zero-order valence-electron chi connectivity index (χ0n) is 10.5. The number of fused-ring (bicyclic) bond motifs is 1. The molecule has 0 saturated carbocycles. The zero-order chi connectivity index (χ0) is 11.9. The second kappa shape index (κ2) is 6.77. The molecule has 1 atom stereocenters. The summed E-state index contributed by atoms with van der Waals surface area (Å²) in [6, 6.07) is 9.35. The SMILES string of the molecule is OCCCCNC1CCCCc2ccccc21. The number of nitrogens with one attached hydrogen (secondary N) is 1. The number of benzene rings is 1. The second-order valence-electron chi connectivity index (χ2n) is 4.88. The molecule has 1 aromatic rings. The zero-order valence-corrected chi connectivity index (χ0v) is 10.5. The van der Waals surface area contributed by atoms with Gasteiger partial charge >= 0.3 is 0 Å². The maximum absolute atomic E-state index is 8.78. The molecular weight excluding hydrogens is 210 g/mol. The van der Waals surface area contributed by atoms with Gasteiger partial charge in [-0.25, -0.2) is 0 Å². The largest absolute Gasteiger partial charge is 0.396 e. The van der Waals surface area contributed by atoms with Gasteiger partial charge in [-0.15, -0.1) is 0 Å². The Morgan fingerprint density at radius 3 is 2.94 bits per heavy atom. The predicted octanol–water partition coefficient (Wildman–Crippen LogP) is 2.82. The van der Waals surface area contributed by atoms with E-state index in [9.17, 15) is 0 Å². The Bertz CT molecular complexity index is 337. The number of unbranched alkanes of at least 4 members (excludes halogenated alkanes) is 1. The normalized spacial score (nSPS) is 19.7. The van der Waals surface area contributed by atoms with Crippen molar-refractivity contribution < 1.29 is 5.11 Å². The summed E-state index contributed by atoms with van der Waals surface area (Å²) >= 11 is 0. The lowest BCUT2D eigenvalue weighted by Gasteiger charge is -2.19. The molecule has 1 unspecified atom stereocenters. The number of aryl methyl sites for hydroxylation is 1. The summed E-state index contributed by atoms with van der Waals surface area (Å²) in [7, 11) is 0. The van der Waals surface area contributed by atoms with Crippen LogP contribution in [0, 0.1) is 0 Å². The van der Waals surface area contributed by atoms with Crippen LogP contribution in [0.25, 0.3) is 0 Å². The molecule has 94 valence electrons. The van der Waals surface area contributed by atoms with Gasteiger partial charge in [0.1, 0.15) is 0 Å². The van der Waals surface area contributed by atoms with Crippen molar-refractivity contribution >= 4 is 0 Å². The number of rotatable bonds is 5. The Kier molecular flexibility index (Phi) is 5.02. The van der Waals surface area contributed by atoms with Crippen molar-refractivity contribution in [1.29, 1.82) is 0 Å². The predicted molar refractivity (Wildman–Crippen MR) is 71.1 cm³/mol. The highest BCUT2D eigenvalue weighted by Gasteiger charge is 2.16. The van der Waals surface area contributed by atoms with Crippen LogP contribution in [0.2, 0.25) is 0 Å². The molecule has 0 bridgehead atoms. The molecule has 2 heteroatoms. The average Bonchev–Trinajstić information content (AvgIpc) is 2.57. The number of aliphatic hydroxyl groups is 1. The summed E-state index contributed by atoms with van der Waals surface area (Å²) in [5, 5.41) is 12.4. The third kappa shape index (κ3) is 3.55. The highest BCUT2D eigenvalue weighted by atomic mass is 16.2.